The van der Waals surface area contributed by atoms with Gasteiger partial charge in [-0.05, 0) is 49.6 Å². The van der Waals surface area contributed by atoms with Gasteiger partial charge in [-0.25, -0.2) is 18.2 Å². The van der Waals surface area contributed by atoms with E-state index >= 15 is 0 Å². The first-order valence-corrected chi connectivity index (χ1v) is 12.7. The summed E-state index contributed by atoms with van der Waals surface area (Å²) in [6.07, 6.45) is 8.07. The number of carbonyl (C=O) groups is 2. The van der Waals surface area contributed by atoms with Crippen LogP contribution in [0.3, 0.4) is 0 Å². The number of esters is 1. The van der Waals surface area contributed by atoms with E-state index in [-0.39, 0.29) is 22.3 Å². The number of benzene rings is 1. The number of para-hydroxylation sites is 1. The molecule has 0 spiro atoms. The minimum absolute atomic E-state index is 0.0125. The van der Waals surface area contributed by atoms with Crippen LogP contribution in [-0.2, 0) is 19.6 Å². The lowest BCUT2D eigenvalue weighted by atomic mass is 9.96. The molecule has 2 heterocycles. The van der Waals surface area contributed by atoms with E-state index in [1.165, 1.54) is 22.6 Å². The van der Waals surface area contributed by atoms with E-state index in [0.29, 0.717) is 5.65 Å². The Balaban J connectivity index is 1.42. The molecule has 1 aromatic carbocycles. The molecule has 1 fully saturated rings. The number of fused-ring (bicyclic) bond motifs is 1. The Morgan fingerprint density at radius 3 is 2.68 bits per heavy atom. The first-order valence-electron chi connectivity index (χ1n) is 11.2. The maximum absolute atomic E-state index is 13.3. The smallest absolute Gasteiger partial charge is 0.359 e. The number of nitrogens with zero attached hydrogens (tertiary/aromatic N) is 3. The average Bonchev–Trinajstić information content (AvgIpc) is 3.26. The molecule has 180 valence electrons. The van der Waals surface area contributed by atoms with Gasteiger partial charge in [-0.15, -0.1) is 0 Å². The number of aryl methyl sites for hydroxylation is 1. The van der Waals surface area contributed by atoms with Gasteiger partial charge in [0.15, 0.2) is 12.3 Å². The van der Waals surface area contributed by atoms with E-state index in [9.17, 15) is 18.0 Å². The molecule has 1 N–H and O–H groups in total. The summed E-state index contributed by atoms with van der Waals surface area (Å²) in [4.78, 5) is 29.1. The fraction of sp³-hybridized carbons (Fsp3) is 0.375. The van der Waals surface area contributed by atoms with E-state index in [0.717, 1.165) is 37.7 Å². The molecule has 1 amide bonds. The van der Waals surface area contributed by atoms with Crippen LogP contribution in [0.25, 0.3) is 5.65 Å². The Morgan fingerprint density at radius 1 is 1.18 bits per heavy atom. The molecule has 1 saturated carbocycles. The zero-order chi connectivity index (χ0) is 24.3. The van der Waals surface area contributed by atoms with Crippen molar-refractivity contribution < 1.29 is 22.7 Å². The number of hydrogen-bond acceptors (Lipinski definition) is 6. The van der Waals surface area contributed by atoms with Crippen LogP contribution in [0.15, 0.2) is 53.7 Å². The van der Waals surface area contributed by atoms with Gasteiger partial charge in [-0.3, -0.25) is 4.79 Å². The molecule has 34 heavy (non-hydrogen) atoms. The fourth-order valence-corrected chi connectivity index (χ4v) is 5.73. The zero-order valence-electron chi connectivity index (χ0n) is 19.2. The lowest BCUT2D eigenvalue weighted by Crippen LogP contribution is -2.38. The molecule has 9 nitrogen and oxygen atoms in total. The maximum Gasteiger partial charge on any atom is 0.359 e. The van der Waals surface area contributed by atoms with Gasteiger partial charge in [0, 0.05) is 25.5 Å². The van der Waals surface area contributed by atoms with Crippen LogP contribution >= 0.6 is 0 Å². The number of ether oxygens (including phenoxy) is 1. The molecular formula is C24H28N4O5S. The summed E-state index contributed by atoms with van der Waals surface area (Å²) >= 11 is 0. The molecule has 3 aromatic rings. The van der Waals surface area contributed by atoms with Crippen LogP contribution in [0.5, 0.6) is 0 Å². The molecule has 0 aliphatic heterocycles. The zero-order valence-corrected chi connectivity index (χ0v) is 20.0. The summed E-state index contributed by atoms with van der Waals surface area (Å²) in [5.41, 5.74) is 1.82. The van der Waals surface area contributed by atoms with E-state index < -0.39 is 28.5 Å². The van der Waals surface area contributed by atoms with E-state index in [1.54, 1.807) is 29.8 Å². The van der Waals surface area contributed by atoms with Crippen LogP contribution in [0, 0.1) is 6.92 Å². The predicted octanol–water partition coefficient (Wildman–Crippen LogP) is 3.39. The van der Waals surface area contributed by atoms with Crippen molar-refractivity contribution in [2.24, 2.45) is 0 Å². The van der Waals surface area contributed by atoms with Gasteiger partial charge in [-0.2, -0.15) is 4.31 Å². The third kappa shape index (κ3) is 5.13. The largest absolute Gasteiger partial charge is 0.451 e. The van der Waals surface area contributed by atoms with Crippen molar-refractivity contribution in [3.63, 3.8) is 0 Å². The van der Waals surface area contributed by atoms with Crippen molar-refractivity contribution in [2.75, 3.05) is 19.0 Å². The Morgan fingerprint density at radius 2 is 1.91 bits per heavy atom. The number of nitrogens with one attached hydrogen (secondary N) is 1. The number of aromatic nitrogens is 2. The van der Waals surface area contributed by atoms with Gasteiger partial charge in [0.2, 0.25) is 10.0 Å². The molecular weight excluding hydrogens is 456 g/mol. The van der Waals surface area contributed by atoms with Crippen LogP contribution in [-0.4, -0.2) is 53.7 Å². The number of hydrogen-bond donors (Lipinski definition) is 1. The van der Waals surface area contributed by atoms with Crippen molar-refractivity contribution in [2.45, 2.75) is 50.0 Å². The molecule has 2 aromatic heterocycles. The van der Waals surface area contributed by atoms with E-state index in [2.05, 4.69) is 10.3 Å². The molecule has 0 unspecified atom stereocenters. The molecule has 4 rings (SSSR count). The van der Waals surface area contributed by atoms with Gasteiger partial charge in [0.1, 0.15) is 10.5 Å². The fourth-order valence-electron chi connectivity index (χ4n) is 4.16. The number of amides is 1. The molecule has 0 atom stereocenters. The van der Waals surface area contributed by atoms with Crippen LogP contribution in [0.1, 0.15) is 48.2 Å². The number of imidazole rings is 1. The highest BCUT2D eigenvalue weighted by atomic mass is 32.2. The van der Waals surface area contributed by atoms with E-state index in [4.69, 9.17) is 4.74 Å². The Kier molecular flexibility index (Phi) is 6.99. The second-order valence-corrected chi connectivity index (χ2v) is 10.5. The lowest BCUT2D eigenvalue weighted by molar-refractivity contribution is -0.119. The van der Waals surface area contributed by atoms with E-state index in [1.807, 2.05) is 19.1 Å². The summed E-state index contributed by atoms with van der Waals surface area (Å²) in [5.74, 6) is -1.38. The second-order valence-electron chi connectivity index (χ2n) is 8.53. The quantitative estimate of drug-likeness (QED) is 0.515. The predicted molar refractivity (Wildman–Crippen MR) is 127 cm³/mol. The third-order valence-electron chi connectivity index (χ3n) is 6.07. The van der Waals surface area contributed by atoms with Crippen molar-refractivity contribution in [1.29, 1.82) is 0 Å². The monoisotopic (exact) mass is 484 g/mol. The average molecular weight is 485 g/mol. The highest BCUT2D eigenvalue weighted by molar-refractivity contribution is 7.89. The molecule has 0 radical (unpaired) electrons. The topological polar surface area (TPSA) is 110 Å². The minimum atomic E-state index is -3.81. The number of rotatable bonds is 7. The molecule has 0 bridgehead atoms. The normalized spacial score (nSPS) is 14.9. The van der Waals surface area contributed by atoms with Crippen molar-refractivity contribution in [3.05, 3.63) is 60.0 Å². The van der Waals surface area contributed by atoms with Crippen LogP contribution in [0.4, 0.5) is 5.69 Å². The van der Waals surface area contributed by atoms with Gasteiger partial charge < -0.3 is 14.5 Å². The molecule has 10 heteroatoms. The van der Waals surface area contributed by atoms with Crippen LogP contribution in [0.2, 0.25) is 0 Å². The van der Waals surface area contributed by atoms with Crippen LogP contribution < -0.4 is 5.32 Å². The van der Waals surface area contributed by atoms with Gasteiger partial charge in [-0.1, -0.05) is 31.4 Å². The summed E-state index contributed by atoms with van der Waals surface area (Å²) in [6, 6.07) is 9.89. The number of pyridine rings is 1. The SMILES string of the molecule is Cc1ccn2cc(C(=O)OCC(=O)Nc3ccccc3S(=O)(=O)N(C)C3CCCCC3)nc2c1. The summed E-state index contributed by atoms with van der Waals surface area (Å²) < 4.78 is 34.7. The number of anilines is 1. The maximum atomic E-state index is 13.3. The third-order valence-corrected chi connectivity index (χ3v) is 8.03. The van der Waals surface area contributed by atoms with Gasteiger partial charge >= 0.3 is 5.97 Å². The highest BCUT2D eigenvalue weighted by Gasteiger charge is 2.31. The van der Waals surface area contributed by atoms with Crippen molar-refractivity contribution in [1.82, 2.24) is 13.7 Å². The second kappa shape index (κ2) is 9.94. The standard InChI is InChI=1S/C24H28N4O5S/c1-17-12-13-28-15-20(25-22(28)14-17)24(30)33-16-23(29)26-19-10-6-7-11-21(19)34(31,32)27(2)18-8-4-3-5-9-18/h6-7,10-15,18H,3-5,8-9,16H2,1-2H3,(H,26,29). The van der Waals surface area contributed by atoms with Gasteiger partial charge in [0.25, 0.3) is 5.91 Å². The first kappa shape index (κ1) is 23.9. The Hall–Kier alpha value is -3.24. The molecule has 0 saturated heterocycles. The molecule has 1 aliphatic carbocycles. The number of sulfonamides is 1. The Bertz CT molecular complexity index is 1310. The lowest BCUT2D eigenvalue weighted by Gasteiger charge is -2.30. The van der Waals surface area contributed by atoms with Crippen molar-refractivity contribution in [3.8, 4) is 0 Å². The number of carbonyl (C=O) groups excluding carboxylic acids is 2. The first-order chi connectivity index (χ1) is 16.3. The summed E-state index contributed by atoms with van der Waals surface area (Å²) in [7, 11) is -2.22. The van der Waals surface area contributed by atoms with Crippen molar-refractivity contribution >= 4 is 33.2 Å². The highest BCUT2D eigenvalue weighted by Crippen LogP contribution is 2.29. The van der Waals surface area contributed by atoms with Gasteiger partial charge in [0.05, 0.1) is 5.69 Å². The Labute approximate surface area is 198 Å². The molecule has 1 aliphatic rings. The summed E-state index contributed by atoms with van der Waals surface area (Å²) in [5, 5.41) is 2.57. The summed E-state index contributed by atoms with van der Waals surface area (Å²) in [6.45, 7) is 1.35. The minimum Gasteiger partial charge on any atom is -0.451 e.